The van der Waals surface area contributed by atoms with Gasteiger partial charge in [-0.3, -0.25) is 24.6 Å². The van der Waals surface area contributed by atoms with Crippen LogP contribution in [-0.2, 0) is 36.8 Å². The van der Waals surface area contributed by atoms with E-state index in [0.717, 1.165) is 58.5 Å². The summed E-state index contributed by atoms with van der Waals surface area (Å²) in [4.78, 5) is 73.0. The number of carbonyl (C=O) groups is 5. The zero-order valence-electron chi connectivity index (χ0n) is 42.5. The van der Waals surface area contributed by atoms with Crippen LogP contribution in [0.15, 0.2) is 128 Å². The average molecular weight is 1020 g/mol. The number of aromatic amines is 1. The third-order valence-electron chi connectivity index (χ3n) is 13.9. The predicted octanol–water partition coefficient (Wildman–Crippen LogP) is 7.33. The number of nitrogens with one attached hydrogen (secondary N) is 8. The van der Waals surface area contributed by atoms with E-state index in [2.05, 4.69) is 36.9 Å². The minimum absolute atomic E-state index is 0.0480. The number of hydrogen-bond donors (Lipinski definition) is 11. The third kappa shape index (κ3) is 16.2. The van der Waals surface area contributed by atoms with Gasteiger partial charge in [0.05, 0.1) is 19.2 Å². The first kappa shape index (κ1) is 54.6. The van der Waals surface area contributed by atoms with Gasteiger partial charge in [0.15, 0.2) is 5.96 Å². The molecule has 0 spiro atoms. The fraction of sp³-hybridized carbons (Fsp3) is 0.345. The SMILES string of the molecule is COc1ccc(Nc2ccc(NC(=O)CNC(=O)[C@H](CCCCNC(=N)N)CCC[C@@](C=O)(Cc3ccc(-c4ccccc4)cc3)NC(=O)[C@H](Cc3c[nH]c4ccc(O)cc34)NC(=O)[C@H]3CCC[C@H](N)C3)cc2)cc1. The molecule has 0 unspecified atom stereocenters. The number of anilines is 3. The number of fused-ring (bicyclic) bond motifs is 1. The molecule has 75 heavy (non-hydrogen) atoms. The first-order valence-corrected chi connectivity index (χ1v) is 25.7. The van der Waals surface area contributed by atoms with E-state index in [1.807, 2.05) is 91.0 Å². The van der Waals surface area contributed by atoms with Crippen LogP contribution >= 0.6 is 0 Å². The van der Waals surface area contributed by atoms with Gasteiger partial charge in [-0.05, 0) is 140 Å². The number of benzene rings is 5. The molecular formula is C58H70N10O7. The van der Waals surface area contributed by atoms with Gasteiger partial charge in [-0.15, -0.1) is 0 Å². The van der Waals surface area contributed by atoms with E-state index in [4.69, 9.17) is 21.6 Å². The number of nitrogens with two attached hydrogens (primary N) is 2. The lowest BCUT2D eigenvalue weighted by atomic mass is 9.83. The molecule has 5 atom stereocenters. The Bertz CT molecular complexity index is 2860. The molecule has 1 fully saturated rings. The monoisotopic (exact) mass is 1020 g/mol. The van der Waals surface area contributed by atoms with Crippen molar-refractivity contribution >= 4 is 63.8 Å². The quantitative estimate of drug-likeness (QED) is 0.0111. The summed E-state index contributed by atoms with van der Waals surface area (Å²) in [5.74, 6) is -1.93. The van der Waals surface area contributed by atoms with Crippen molar-refractivity contribution in [2.24, 2.45) is 23.3 Å². The Labute approximate surface area is 437 Å². The van der Waals surface area contributed by atoms with Gasteiger partial charge in [0.1, 0.15) is 23.8 Å². The Kier molecular flexibility index (Phi) is 19.4. The Morgan fingerprint density at radius 2 is 1.53 bits per heavy atom. The maximum absolute atomic E-state index is 14.9. The number of amides is 4. The van der Waals surface area contributed by atoms with Crippen molar-refractivity contribution in [2.45, 2.75) is 94.7 Å². The van der Waals surface area contributed by atoms with Gasteiger partial charge in [0.25, 0.3) is 0 Å². The number of H-pyrrole nitrogens is 1. The van der Waals surface area contributed by atoms with Gasteiger partial charge >= 0.3 is 0 Å². The second-order valence-electron chi connectivity index (χ2n) is 19.6. The van der Waals surface area contributed by atoms with E-state index in [0.29, 0.717) is 68.1 Å². The zero-order valence-corrected chi connectivity index (χ0v) is 42.5. The highest BCUT2D eigenvalue weighted by atomic mass is 16.5. The van der Waals surface area contributed by atoms with Crippen LogP contribution < -0.4 is 48.1 Å². The number of aromatic nitrogens is 1. The van der Waals surface area contributed by atoms with Crippen molar-refractivity contribution < 1.29 is 33.8 Å². The van der Waals surface area contributed by atoms with Gasteiger partial charge in [-0.2, -0.15) is 0 Å². The number of methoxy groups -OCH3 is 1. The van der Waals surface area contributed by atoms with E-state index < -0.39 is 29.3 Å². The summed E-state index contributed by atoms with van der Waals surface area (Å²) < 4.78 is 5.24. The highest BCUT2D eigenvalue weighted by Gasteiger charge is 2.37. The Balaban J connectivity index is 1.07. The molecule has 17 heteroatoms. The second-order valence-corrected chi connectivity index (χ2v) is 19.6. The number of phenols is 1. The molecule has 1 aromatic heterocycles. The van der Waals surface area contributed by atoms with E-state index in [9.17, 15) is 29.1 Å². The van der Waals surface area contributed by atoms with Crippen molar-refractivity contribution in [2.75, 3.05) is 30.8 Å². The molecule has 1 aliphatic rings. The molecule has 1 aliphatic carbocycles. The van der Waals surface area contributed by atoms with Crippen LogP contribution in [0, 0.1) is 17.2 Å². The lowest BCUT2D eigenvalue weighted by Crippen LogP contribution is -2.58. The lowest BCUT2D eigenvalue weighted by molar-refractivity contribution is -0.133. The summed E-state index contributed by atoms with van der Waals surface area (Å²) in [7, 11) is 1.61. The number of unbranched alkanes of at least 4 members (excludes halogenated alkanes) is 1. The summed E-state index contributed by atoms with van der Waals surface area (Å²) >= 11 is 0. The molecule has 1 saturated carbocycles. The van der Waals surface area contributed by atoms with Crippen LogP contribution in [0.5, 0.6) is 11.5 Å². The van der Waals surface area contributed by atoms with Gasteiger partial charge in [-0.25, -0.2) is 0 Å². The molecular weight excluding hydrogens is 949 g/mol. The van der Waals surface area contributed by atoms with E-state index >= 15 is 0 Å². The minimum Gasteiger partial charge on any atom is -0.508 e. The number of rotatable bonds is 26. The normalized spacial score (nSPS) is 15.8. The minimum atomic E-state index is -1.48. The van der Waals surface area contributed by atoms with Crippen molar-refractivity contribution in [3.05, 3.63) is 139 Å². The summed E-state index contributed by atoms with van der Waals surface area (Å²) in [5.41, 5.74) is 16.8. The largest absolute Gasteiger partial charge is 0.508 e. The summed E-state index contributed by atoms with van der Waals surface area (Å²) in [5, 5.41) is 36.5. The number of aldehydes is 1. The highest BCUT2D eigenvalue weighted by molar-refractivity contribution is 5.95. The lowest BCUT2D eigenvalue weighted by Gasteiger charge is -2.33. The number of aromatic hydroxyl groups is 1. The maximum Gasteiger partial charge on any atom is 0.243 e. The fourth-order valence-corrected chi connectivity index (χ4v) is 9.79. The van der Waals surface area contributed by atoms with Gasteiger partial charge in [-0.1, -0.05) is 67.4 Å². The van der Waals surface area contributed by atoms with Crippen LogP contribution in [0.2, 0.25) is 0 Å². The number of ether oxygens (including phenoxy) is 1. The van der Waals surface area contributed by atoms with Gasteiger partial charge in [0.2, 0.25) is 23.6 Å². The van der Waals surface area contributed by atoms with Gasteiger partial charge in [0, 0.05) is 71.4 Å². The molecule has 0 radical (unpaired) electrons. The number of hydrogen-bond acceptors (Lipinski definition) is 10. The van der Waals surface area contributed by atoms with Crippen LogP contribution in [0.1, 0.15) is 75.3 Å². The van der Waals surface area contributed by atoms with Crippen LogP contribution in [-0.4, -0.2) is 83.8 Å². The second kappa shape index (κ2) is 26.7. The van der Waals surface area contributed by atoms with Crippen molar-refractivity contribution in [1.29, 1.82) is 5.41 Å². The molecule has 0 bridgehead atoms. The Hall–Kier alpha value is -8.18. The van der Waals surface area contributed by atoms with E-state index in [1.54, 1.807) is 43.6 Å². The van der Waals surface area contributed by atoms with Crippen molar-refractivity contribution in [3.63, 3.8) is 0 Å². The molecule has 7 rings (SSSR count). The maximum atomic E-state index is 14.9. The summed E-state index contributed by atoms with van der Waals surface area (Å²) in [6, 6.07) is 36.0. The fourth-order valence-electron chi connectivity index (χ4n) is 9.79. The predicted molar refractivity (Wildman–Crippen MR) is 294 cm³/mol. The zero-order chi connectivity index (χ0) is 53.2. The third-order valence-corrected chi connectivity index (χ3v) is 13.9. The smallest absolute Gasteiger partial charge is 0.243 e. The molecule has 5 aromatic carbocycles. The number of phenolic OH excluding ortho intramolecular Hbond substituents is 1. The number of carbonyl (C=O) groups excluding carboxylic acids is 5. The van der Waals surface area contributed by atoms with E-state index in [1.165, 1.54) is 0 Å². The molecule has 13 N–H and O–H groups in total. The van der Waals surface area contributed by atoms with Gasteiger partial charge < -0.3 is 63.0 Å². The molecule has 4 amide bonds. The molecule has 17 nitrogen and oxygen atoms in total. The Morgan fingerprint density at radius 1 is 0.840 bits per heavy atom. The summed E-state index contributed by atoms with van der Waals surface area (Å²) in [6.07, 6.45) is 7.85. The Morgan fingerprint density at radius 3 is 2.23 bits per heavy atom. The molecule has 1 heterocycles. The number of guanidine groups is 1. The summed E-state index contributed by atoms with van der Waals surface area (Å²) in [6.45, 7) is 0.158. The molecule has 6 aromatic rings. The molecule has 0 aliphatic heterocycles. The molecule has 394 valence electrons. The average Bonchev–Trinajstić information content (AvgIpc) is 3.81. The topological polar surface area (TPSA) is 279 Å². The van der Waals surface area contributed by atoms with Crippen LogP contribution in [0.3, 0.4) is 0 Å². The van der Waals surface area contributed by atoms with Crippen molar-refractivity contribution in [3.8, 4) is 22.6 Å². The van der Waals surface area contributed by atoms with Crippen LogP contribution in [0.4, 0.5) is 17.1 Å². The standard InChI is InChI=1S/C58H70N10O7/c1-75-49-26-23-46(24-27-49)65-45-19-21-47(22-20-45)66-53(71)36-64-54(72)41(11-5-6-30-62-57(60)61)13-8-29-58(37-69,34-38-15-17-40(18-16-38)39-9-3-2-4-10-39)68-56(74)52(67-55(73)42-12-7-14-44(59)31-42)32-43-35-63-51-28-25-48(70)33-50(43)51/h2-4,9-10,15-28,33,35,37,41-42,44,52,63,65,70H,5-8,11-14,29-32,34,36,59H2,1H3,(H,64,72)(H,66,71)(H,67,73)(H,68,74)(H4,60,61,62)/t41-,42+,44+,52+,58+/m1/s1. The van der Waals surface area contributed by atoms with Crippen LogP contribution in [0.25, 0.3) is 22.0 Å². The first-order chi connectivity index (χ1) is 36.3. The molecule has 0 saturated heterocycles. The van der Waals surface area contributed by atoms with Crippen molar-refractivity contribution in [1.82, 2.24) is 26.3 Å². The highest BCUT2D eigenvalue weighted by Crippen LogP contribution is 2.29. The van der Waals surface area contributed by atoms with E-state index in [-0.39, 0.29) is 61.3 Å². The first-order valence-electron chi connectivity index (χ1n) is 25.7.